The van der Waals surface area contributed by atoms with Crippen LogP contribution in [0.5, 0.6) is 5.88 Å². The lowest BCUT2D eigenvalue weighted by atomic mass is 10.0. The van der Waals surface area contributed by atoms with E-state index < -0.39 is 0 Å². The van der Waals surface area contributed by atoms with E-state index in [4.69, 9.17) is 9.53 Å². The zero-order valence-electron chi connectivity index (χ0n) is 14.3. The van der Waals surface area contributed by atoms with Gasteiger partial charge in [-0.3, -0.25) is 16.1 Å². The van der Waals surface area contributed by atoms with Crippen LogP contribution in [0.1, 0.15) is 35.6 Å². The molecule has 0 aliphatic heterocycles. The first-order valence-electron chi connectivity index (χ1n) is 7.92. The Labute approximate surface area is 146 Å². The van der Waals surface area contributed by atoms with Gasteiger partial charge in [0.2, 0.25) is 6.41 Å². The standard InChI is InChI=1S/C15H18N4O.CH5N3O/c1-10-15(19-18-9-17-10)20-8-13-12(11-6-7-11)4-3-5-14(13)16-2;2-4-3-1-5/h3-5,9,11,16H,6-8H2,1-2H3;1,4H,2H2,(H,3,5). The first kappa shape index (κ1) is 18.6. The number of anilines is 1. The topological polar surface area (TPSA) is 127 Å². The van der Waals surface area contributed by atoms with Crippen molar-refractivity contribution in [1.29, 1.82) is 0 Å². The van der Waals surface area contributed by atoms with E-state index in [1.165, 1.54) is 30.3 Å². The van der Waals surface area contributed by atoms with Gasteiger partial charge >= 0.3 is 0 Å². The van der Waals surface area contributed by atoms with E-state index in [1.54, 1.807) is 0 Å². The van der Waals surface area contributed by atoms with Crippen molar-refractivity contribution in [2.75, 3.05) is 12.4 Å². The summed E-state index contributed by atoms with van der Waals surface area (Å²) >= 11 is 0. The number of ether oxygens (including phenoxy) is 1. The van der Waals surface area contributed by atoms with Crippen LogP contribution in [0, 0.1) is 6.92 Å². The number of nitrogens with one attached hydrogen (secondary N) is 3. The number of nitrogens with two attached hydrogens (primary N) is 1. The number of benzene rings is 1. The van der Waals surface area contributed by atoms with E-state index in [0.29, 0.717) is 24.8 Å². The second-order valence-corrected chi connectivity index (χ2v) is 5.44. The van der Waals surface area contributed by atoms with Gasteiger partial charge in [0.15, 0.2) is 0 Å². The van der Waals surface area contributed by atoms with Crippen molar-refractivity contribution in [3.8, 4) is 5.88 Å². The molecule has 134 valence electrons. The summed E-state index contributed by atoms with van der Waals surface area (Å²) in [4.78, 5) is 13.2. The Morgan fingerprint density at radius 2 is 2.20 bits per heavy atom. The summed E-state index contributed by atoms with van der Waals surface area (Å²) in [5.74, 6) is 5.73. The van der Waals surface area contributed by atoms with Gasteiger partial charge in [0, 0.05) is 18.3 Å². The third-order valence-electron chi connectivity index (χ3n) is 3.76. The van der Waals surface area contributed by atoms with Crippen molar-refractivity contribution in [3.05, 3.63) is 41.3 Å². The lowest BCUT2D eigenvalue weighted by Gasteiger charge is -2.15. The fourth-order valence-electron chi connectivity index (χ4n) is 2.40. The van der Waals surface area contributed by atoms with Crippen LogP contribution in [0.15, 0.2) is 24.5 Å². The Hall–Kier alpha value is -2.78. The molecular weight excluding hydrogens is 322 g/mol. The first-order valence-corrected chi connectivity index (χ1v) is 7.92. The molecule has 1 fully saturated rings. The summed E-state index contributed by atoms with van der Waals surface area (Å²) in [6.45, 7) is 2.36. The molecule has 9 heteroatoms. The quantitative estimate of drug-likeness (QED) is 0.329. The molecule has 0 radical (unpaired) electrons. The molecule has 0 spiro atoms. The van der Waals surface area contributed by atoms with Crippen molar-refractivity contribution < 1.29 is 9.53 Å². The Morgan fingerprint density at radius 3 is 2.76 bits per heavy atom. The van der Waals surface area contributed by atoms with E-state index in [1.807, 2.05) is 24.9 Å². The second-order valence-electron chi connectivity index (χ2n) is 5.44. The van der Waals surface area contributed by atoms with Gasteiger partial charge in [0.1, 0.15) is 18.6 Å². The predicted octanol–water partition coefficient (Wildman–Crippen LogP) is 0.789. The number of amides is 1. The Balaban J connectivity index is 0.000000399. The summed E-state index contributed by atoms with van der Waals surface area (Å²) in [6.07, 6.45) is 4.41. The monoisotopic (exact) mass is 345 g/mol. The smallest absolute Gasteiger partial charge is 0.255 e. The van der Waals surface area contributed by atoms with E-state index in [2.05, 4.69) is 44.5 Å². The maximum absolute atomic E-state index is 9.15. The highest BCUT2D eigenvalue weighted by atomic mass is 16.5. The first-order chi connectivity index (χ1) is 12.2. The van der Waals surface area contributed by atoms with Crippen molar-refractivity contribution in [1.82, 2.24) is 26.1 Å². The second kappa shape index (κ2) is 9.50. The molecule has 9 nitrogen and oxygen atoms in total. The fourth-order valence-corrected chi connectivity index (χ4v) is 2.40. The number of carbonyl (C=O) groups is 1. The highest BCUT2D eigenvalue weighted by molar-refractivity contribution is 5.55. The van der Waals surface area contributed by atoms with Gasteiger partial charge in [-0.2, -0.15) is 5.53 Å². The molecule has 1 aliphatic rings. The molecule has 1 aromatic carbocycles. The van der Waals surface area contributed by atoms with Gasteiger partial charge in [-0.1, -0.05) is 12.1 Å². The zero-order valence-corrected chi connectivity index (χ0v) is 14.3. The number of aryl methyl sites for hydroxylation is 1. The summed E-state index contributed by atoms with van der Waals surface area (Å²) in [6, 6.07) is 6.36. The van der Waals surface area contributed by atoms with Crippen molar-refractivity contribution in [3.63, 3.8) is 0 Å². The maximum Gasteiger partial charge on any atom is 0.255 e. The molecule has 5 N–H and O–H groups in total. The third-order valence-corrected chi connectivity index (χ3v) is 3.76. The number of hydrogen-bond acceptors (Lipinski definition) is 8. The molecule has 0 saturated heterocycles. The zero-order chi connectivity index (χ0) is 18.1. The van der Waals surface area contributed by atoms with Gasteiger partial charge in [0.05, 0.1) is 0 Å². The Morgan fingerprint density at radius 1 is 1.40 bits per heavy atom. The van der Waals surface area contributed by atoms with Crippen molar-refractivity contribution in [2.24, 2.45) is 5.84 Å². The highest BCUT2D eigenvalue weighted by Gasteiger charge is 2.27. The van der Waals surface area contributed by atoms with E-state index in [-0.39, 0.29) is 0 Å². The molecule has 0 unspecified atom stereocenters. The normalized spacial score (nSPS) is 12.6. The van der Waals surface area contributed by atoms with Crippen LogP contribution in [-0.4, -0.2) is 28.6 Å². The molecule has 25 heavy (non-hydrogen) atoms. The third kappa shape index (κ3) is 5.37. The van der Waals surface area contributed by atoms with Gasteiger partial charge in [-0.05, 0) is 37.3 Å². The minimum absolute atomic E-state index is 0.444. The number of aromatic nitrogens is 3. The molecule has 1 aromatic heterocycles. The minimum Gasteiger partial charge on any atom is -0.470 e. The molecule has 0 bridgehead atoms. The van der Waals surface area contributed by atoms with E-state index in [0.717, 1.165) is 11.4 Å². The van der Waals surface area contributed by atoms with Crippen molar-refractivity contribution >= 4 is 12.1 Å². The molecule has 3 rings (SSSR count). The fraction of sp³-hybridized carbons (Fsp3) is 0.375. The van der Waals surface area contributed by atoms with Gasteiger partial charge in [0.25, 0.3) is 5.88 Å². The number of hydrazine groups is 2. The molecule has 1 heterocycles. The summed E-state index contributed by atoms with van der Waals surface area (Å²) < 4.78 is 5.81. The maximum atomic E-state index is 9.15. The van der Waals surface area contributed by atoms with Crippen LogP contribution < -0.4 is 26.9 Å². The van der Waals surface area contributed by atoms with Crippen LogP contribution >= 0.6 is 0 Å². The summed E-state index contributed by atoms with van der Waals surface area (Å²) in [5, 5.41) is 11.0. The molecular formula is C16H23N7O2. The number of nitrogens with zero attached hydrogens (tertiary/aromatic N) is 3. The molecule has 2 aromatic rings. The summed E-state index contributed by atoms with van der Waals surface area (Å²) in [7, 11) is 1.94. The van der Waals surface area contributed by atoms with Crippen LogP contribution in [0.2, 0.25) is 0 Å². The molecule has 0 atom stereocenters. The lowest BCUT2D eigenvalue weighted by molar-refractivity contribution is -0.110. The average molecular weight is 345 g/mol. The summed E-state index contributed by atoms with van der Waals surface area (Å²) in [5.41, 5.74) is 8.32. The molecule has 1 saturated carbocycles. The van der Waals surface area contributed by atoms with Crippen LogP contribution in [0.25, 0.3) is 0 Å². The van der Waals surface area contributed by atoms with Crippen LogP contribution in [-0.2, 0) is 11.4 Å². The largest absolute Gasteiger partial charge is 0.470 e. The van der Waals surface area contributed by atoms with Gasteiger partial charge in [-0.15, -0.1) is 10.2 Å². The predicted molar refractivity (Wildman–Crippen MR) is 93.4 cm³/mol. The number of carbonyl (C=O) groups excluding carboxylic acids is 1. The number of hydrogen-bond donors (Lipinski definition) is 4. The Bertz CT molecular complexity index is 692. The Kier molecular flexibility index (Phi) is 7.05. The average Bonchev–Trinajstić information content (AvgIpc) is 3.47. The lowest BCUT2D eigenvalue weighted by Crippen LogP contribution is -2.36. The SMILES string of the molecule is CNc1cccc(C2CC2)c1COc1nncnc1C.NNNC=O. The van der Waals surface area contributed by atoms with Gasteiger partial charge in [-0.25, -0.2) is 4.98 Å². The van der Waals surface area contributed by atoms with Crippen LogP contribution in [0.3, 0.4) is 0 Å². The van der Waals surface area contributed by atoms with Crippen molar-refractivity contribution in [2.45, 2.75) is 32.3 Å². The minimum atomic E-state index is 0.444. The number of rotatable bonds is 7. The van der Waals surface area contributed by atoms with E-state index in [9.17, 15) is 0 Å². The molecule has 1 amide bonds. The molecule has 1 aliphatic carbocycles. The van der Waals surface area contributed by atoms with Gasteiger partial charge < -0.3 is 10.1 Å². The van der Waals surface area contributed by atoms with E-state index >= 15 is 0 Å². The highest BCUT2D eigenvalue weighted by Crippen LogP contribution is 2.43. The van der Waals surface area contributed by atoms with Crippen LogP contribution in [0.4, 0.5) is 5.69 Å².